The number of ether oxygens (including phenoxy) is 1. The molecule has 3 nitrogen and oxygen atoms in total. The van der Waals surface area contributed by atoms with Crippen LogP contribution in [0, 0.1) is 0 Å². The normalized spacial score (nSPS) is 24.0. The summed E-state index contributed by atoms with van der Waals surface area (Å²) in [4.78, 5) is 1.52. The highest BCUT2D eigenvalue weighted by Gasteiger charge is 2.30. The summed E-state index contributed by atoms with van der Waals surface area (Å²) in [6.45, 7) is 9.49. The van der Waals surface area contributed by atoms with Crippen molar-refractivity contribution in [3.63, 3.8) is 0 Å². The quantitative estimate of drug-likeness (QED) is 0.756. The first-order valence-corrected chi connectivity index (χ1v) is 8.47. The molecule has 1 heterocycles. The summed E-state index contributed by atoms with van der Waals surface area (Å²) < 4.78 is 5.85. The van der Waals surface area contributed by atoms with Crippen LogP contribution < -0.4 is 9.64 Å². The number of aliphatic hydroxyl groups is 1. The molecule has 0 amide bonds. The molecule has 0 aromatic heterocycles. The number of nitrogens with one attached hydrogen (secondary N) is 1. The maximum absolute atomic E-state index is 10.4. The molecule has 1 saturated heterocycles. The topological polar surface area (TPSA) is 33.9 Å². The minimum atomic E-state index is -0.421. The first-order valence-electron chi connectivity index (χ1n) is 8.47. The Morgan fingerprint density at radius 3 is 2.68 bits per heavy atom. The Hall–Kier alpha value is -1.32. The van der Waals surface area contributed by atoms with E-state index in [2.05, 4.69) is 20.4 Å². The third-order valence-electron chi connectivity index (χ3n) is 4.78. The Kier molecular flexibility index (Phi) is 6.47. The second-order valence-corrected chi connectivity index (χ2v) is 6.58. The van der Waals surface area contributed by atoms with Gasteiger partial charge in [0.2, 0.25) is 0 Å². The molecule has 1 aliphatic rings. The molecule has 0 unspecified atom stereocenters. The van der Waals surface area contributed by atoms with Gasteiger partial charge in [-0.15, -0.1) is 6.58 Å². The summed E-state index contributed by atoms with van der Waals surface area (Å²) >= 11 is 0. The number of piperidine rings is 1. The van der Waals surface area contributed by atoms with E-state index in [1.807, 2.05) is 30.3 Å². The van der Waals surface area contributed by atoms with Crippen LogP contribution in [0.1, 0.15) is 38.7 Å². The molecule has 2 rings (SSSR count). The summed E-state index contributed by atoms with van der Waals surface area (Å²) in [5.74, 6) is 0.858. The molecule has 22 heavy (non-hydrogen) atoms. The predicted molar refractivity (Wildman–Crippen MR) is 90.4 cm³/mol. The van der Waals surface area contributed by atoms with Gasteiger partial charge in [-0.05, 0) is 51.2 Å². The predicted octanol–water partition coefficient (Wildman–Crippen LogP) is 2.00. The van der Waals surface area contributed by atoms with Crippen LogP contribution >= 0.6 is 0 Å². The van der Waals surface area contributed by atoms with Crippen LogP contribution in [0.3, 0.4) is 0 Å². The van der Waals surface area contributed by atoms with Gasteiger partial charge in [0.05, 0.1) is 12.1 Å². The third-order valence-corrected chi connectivity index (χ3v) is 4.78. The van der Waals surface area contributed by atoms with E-state index in [1.54, 1.807) is 0 Å². The summed E-state index contributed by atoms with van der Waals surface area (Å²) in [7, 11) is 0. The molecule has 122 valence electrons. The highest BCUT2D eigenvalue weighted by atomic mass is 16.5. The van der Waals surface area contributed by atoms with Gasteiger partial charge in [0, 0.05) is 0 Å². The smallest absolute Gasteiger partial charge is 0.137 e. The molecule has 3 heteroatoms. The fraction of sp³-hybridized carbons (Fsp3) is 0.579. The SMILES string of the molecule is C=CCc1ccccc1OC[C@@H](O)C[NH+]1[C@@H](C)CCC[C@@H]1C. The lowest BCUT2D eigenvalue weighted by Crippen LogP contribution is -3.20. The number of hydrogen-bond acceptors (Lipinski definition) is 2. The Balaban J connectivity index is 1.87. The van der Waals surface area contributed by atoms with E-state index in [9.17, 15) is 5.11 Å². The van der Waals surface area contributed by atoms with Gasteiger partial charge in [0.1, 0.15) is 25.0 Å². The van der Waals surface area contributed by atoms with Crippen molar-refractivity contribution in [1.82, 2.24) is 0 Å². The van der Waals surface area contributed by atoms with E-state index in [0.717, 1.165) is 24.3 Å². The Labute approximate surface area is 134 Å². The Morgan fingerprint density at radius 1 is 1.32 bits per heavy atom. The average molecular weight is 304 g/mol. The third kappa shape index (κ3) is 4.59. The number of quaternary nitrogens is 1. The van der Waals surface area contributed by atoms with Crippen LogP contribution in [0.25, 0.3) is 0 Å². The van der Waals surface area contributed by atoms with Crippen molar-refractivity contribution in [3.05, 3.63) is 42.5 Å². The minimum absolute atomic E-state index is 0.358. The molecular weight excluding hydrogens is 274 g/mol. The van der Waals surface area contributed by atoms with Crippen LogP contribution in [-0.4, -0.2) is 36.4 Å². The highest BCUT2D eigenvalue weighted by molar-refractivity contribution is 5.34. The number of likely N-dealkylation sites (tertiary alicyclic amines) is 1. The van der Waals surface area contributed by atoms with Crippen LogP contribution in [-0.2, 0) is 6.42 Å². The number of benzene rings is 1. The van der Waals surface area contributed by atoms with E-state index in [0.29, 0.717) is 18.7 Å². The lowest BCUT2D eigenvalue weighted by Gasteiger charge is -2.36. The molecule has 1 aromatic rings. The van der Waals surface area contributed by atoms with Gasteiger partial charge in [-0.25, -0.2) is 0 Å². The summed E-state index contributed by atoms with van der Waals surface area (Å²) in [6.07, 6.45) is 6.07. The first-order chi connectivity index (χ1) is 10.6. The second-order valence-electron chi connectivity index (χ2n) is 6.58. The van der Waals surface area contributed by atoms with Gasteiger partial charge in [-0.3, -0.25) is 0 Å². The second kappa shape index (κ2) is 8.35. The molecule has 1 fully saturated rings. The Bertz CT molecular complexity index is 464. The number of aliphatic hydroxyl groups excluding tert-OH is 1. The Morgan fingerprint density at radius 2 is 2.00 bits per heavy atom. The zero-order chi connectivity index (χ0) is 15.9. The van der Waals surface area contributed by atoms with Crippen LogP contribution in [0.5, 0.6) is 5.75 Å². The minimum Gasteiger partial charge on any atom is -0.490 e. The highest BCUT2D eigenvalue weighted by Crippen LogP contribution is 2.18. The molecule has 0 aliphatic carbocycles. The molecule has 2 N–H and O–H groups in total. The monoisotopic (exact) mass is 304 g/mol. The zero-order valence-electron chi connectivity index (χ0n) is 13.9. The van der Waals surface area contributed by atoms with E-state index in [1.165, 1.54) is 24.2 Å². The molecular formula is C19H30NO2+. The van der Waals surface area contributed by atoms with Crippen molar-refractivity contribution < 1.29 is 14.7 Å². The van der Waals surface area contributed by atoms with Crippen molar-refractivity contribution in [3.8, 4) is 5.75 Å². The van der Waals surface area contributed by atoms with Crippen molar-refractivity contribution in [2.24, 2.45) is 0 Å². The van der Waals surface area contributed by atoms with Crippen LogP contribution in [0.15, 0.2) is 36.9 Å². The summed E-state index contributed by atoms with van der Waals surface area (Å²) in [6, 6.07) is 9.24. The number of rotatable bonds is 7. The molecule has 0 radical (unpaired) electrons. The van der Waals surface area contributed by atoms with E-state index >= 15 is 0 Å². The number of hydrogen-bond donors (Lipinski definition) is 2. The van der Waals surface area contributed by atoms with Crippen molar-refractivity contribution in [1.29, 1.82) is 0 Å². The van der Waals surface area contributed by atoms with Gasteiger partial charge in [-0.2, -0.15) is 0 Å². The molecule has 3 atom stereocenters. The average Bonchev–Trinajstić information content (AvgIpc) is 2.50. The zero-order valence-corrected chi connectivity index (χ0v) is 13.9. The fourth-order valence-corrected chi connectivity index (χ4v) is 3.47. The lowest BCUT2D eigenvalue weighted by atomic mass is 9.97. The van der Waals surface area contributed by atoms with E-state index in [-0.39, 0.29) is 0 Å². The lowest BCUT2D eigenvalue weighted by molar-refractivity contribution is -0.954. The van der Waals surface area contributed by atoms with Gasteiger partial charge in [-0.1, -0.05) is 24.3 Å². The van der Waals surface area contributed by atoms with Crippen molar-refractivity contribution in [2.45, 2.75) is 57.7 Å². The molecule has 0 saturated carbocycles. The molecule has 1 aromatic carbocycles. The van der Waals surface area contributed by atoms with Crippen molar-refractivity contribution >= 4 is 0 Å². The van der Waals surface area contributed by atoms with Gasteiger partial charge < -0.3 is 14.7 Å². The largest absolute Gasteiger partial charge is 0.490 e. The van der Waals surface area contributed by atoms with Gasteiger partial charge >= 0.3 is 0 Å². The molecule has 0 spiro atoms. The fourth-order valence-electron chi connectivity index (χ4n) is 3.47. The van der Waals surface area contributed by atoms with E-state index < -0.39 is 6.10 Å². The molecule has 0 bridgehead atoms. The van der Waals surface area contributed by atoms with Crippen LogP contribution in [0.2, 0.25) is 0 Å². The molecule has 1 aliphatic heterocycles. The maximum atomic E-state index is 10.4. The summed E-state index contributed by atoms with van der Waals surface area (Å²) in [5, 5.41) is 10.4. The first kappa shape index (κ1) is 17.0. The maximum Gasteiger partial charge on any atom is 0.137 e. The van der Waals surface area contributed by atoms with Crippen LogP contribution in [0.4, 0.5) is 0 Å². The standard InChI is InChI=1S/C19H29NO2/c1-4-8-17-11-5-6-12-19(17)22-14-18(21)13-20-15(2)9-7-10-16(20)3/h4-6,11-12,15-16,18,21H,1,7-10,13-14H2,2-3H3/p+1/t15-,16-,18-/m0/s1. The number of allylic oxidation sites excluding steroid dienone is 1. The summed E-state index contributed by atoms with van der Waals surface area (Å²) in [5.41, 5.74) is 1.12. The van der Waals surface area contributed by atoms with E-state index in [4.69, 9.17) is 4.74 Å². The van der Waals surface area contributed by atoms with Gasteiger partial charge in [0.15, 0.2) is 0 Å². The van der Waals surface area contributed by atoms with Crippen molar-refractivity contribution in [2.75, 3.05) is 13.2 Å². The van der Waals surface area contributed by atoms with Gasteiger partial charge in [0.25, 0.3) is 0 Å². The number of para-hydroxylation sites is 1.